The predicted octanol–water partition coefficient (Wildman–Crippen LogP) is 4.63. The van der Waals surface area contributed by atoms with Gasteiger partial charge in [0, 0.05) is 23.5 Å². The van der Waals surface area contributed by atoms with Crippen molar-refractivity contribution in [2.45, 2.75) is 53.5 Å². The van der Waals surface area contributed by atoms with E-state index in [1.807, 2.05) is 53.7 Å². The fourth-order valence-electron chi connectivity index (χ4n) is 3.64. The fourth-order valence-corrected chi connectivity index (χ4v) is 3.64. The lowest BCUT2D eigenvalue weighted by molar-refractivity contribution is 0.0353. The Labute approximate surface area is 217 Å². The van der Waals surface area contributed by atoms with Crippen molar-refractivity contribution >= 4 is 17.8 Å². The zero-order chi connectivity index (χ0) is 27.8. The Morgan fingerprint density at radius 2 is 1.70 bits per heavy atom. The van der Waals surface area contributed by atoms with Crippen LogP contribution in [-0.2, 0) is 6.42 Å². The van der Waals surface area contributed by atoms with Crippen LogP contribution in [0.4, 0.5) is 0 Å². The number of hydrogen-bond donors (Lipinski definition) is 2. The second-order valence-corrected chi connectivity index (χ2v) is 9.36. The Hall–Kier alpha value is -4.27. The normalized spacial score (nSPS) is 10.6. The smallest absolute Gasteiger partial charge is 0.335 e. The van der Waals surface area contributed by atoms with Gasteiger partial charge in [0.05, 0.1) is 24.4 Å². The lowest BCUT2D eigenvalue weighted by Gasteiger charge is -2.35. The number of nitrogens with one attached hydrogen (secondary N) is 1. The summed E-state index contributed by atoms with van der Waals surface area (Å²) in [6.45, 7) is 11.2. The van der Waals surface area contributed by atoms with E-state index < -0.39 is 17.4 Å². The van der Waals surface area contributed by atoms with E-state index in [1.54, 1.807) is 31.4 Å². The Bertz CT molecular complexity index is 1230. The standard InChI is InChI=1S/C19H24N4O3.C9H10O2/c1-6-13-14(8-7-9-16(13)26-5)17(24)22-23(19(2,3)4)18(25)15-12-20-10-11-21-15;1-6-3-7(2)5-8(4-6)9(10)11/h7-12H,6H2,1-5H3,(H,22,24);3-5H,1-2H3,(H,10,11). The summed E-state index contributed by atoms with van der Waals surface area (Å²) >= 11 is 0. The van der Waals surface area contributed by atoms with Crippen LogP contribution in [0.2, 0.25) is 0 Å². The first-order chi connectivity index (χ1) is 17.4. The number of benzene rings is 2. The number of carbonyl (C=O) groups is 3. The van der Waals surface area contributed by atoms with Gasteiger partial charge in [-0.3, -0.25) is 20.0 Å². The first-order valence-electron chi connectivity index (χ1n) is 11.8. The molecule has 0 fully saturated rings. The average molecular weight is 507 g/mol. The van der Waals surface area contributed by atoms with Gasteiger partial charge in [0.2, 0.25) is 0 Å². The van der Waals surface area contributed by atoms with E-state index in [2.05, 4.69) is 15.4 Å². The molecule has 3 aromatic rings. The molecule has 0 saturated heterocycles. The van der Waals surface area contributed by atoms with E-state index in [1.165, 1.54) is 23.6 Å². The van der Waals surface area contributed by atoms with Crippen molar-refractivity contribution in [2.75, 3.05) is 7.11 Å². The number of carboxylic acid groups (broad SMARTS) is 1. The Balaban J connectivity index is 0.000000364. The second-order valence-electron chi connectivity index (χ2n) is 9.36. The van der Waals surface area contributed by atoms with Gasteiger partial charge in [-0.05, 0) is 65.3 Å². The van der Waals surface area contributed by atoms with Gasteiger partial charge in [0.1, 0.15) is 11.4 Å². The van der Waals surface area contributed by atoms with E-state index >= 15 is 0 Å². The number of methoxy groups -OCH3 is 1. The number of ether oxygens (including phenoxy) is 1. The summed E-state index contributed by atoms with van der Waals surface area (Å²) in [5, 5.41) is 9.91. The molecule has 1 aromatic heterocycles. The number of aromatic carboxylic acids is 1. The van der Waals surface area contributed by atoms with Gasteiger partial charge in [-0.1, -0.05) is 30.2 Å². The molecule has 0 aliphatic carbocycles. The van der Waals surface area contributed by atoms with E-state index in [4.69, 9.17) is 9.84 Å². The molecule has 0 spiro atoms. The van der Waals surface area contributed by atoms with Gasteiger partial charge in [0.25, 0.3) is 11.8 Å². The lowest BCUT2D eigenvalue weighted by atomic mass is 10.0. The van der Waals surface area contributed by atoms with Crippen molar-refractivity contribution in [3.05, 3.63) is 88.5 Å². The zero-order valence-corrected chi connectivity index (χ0v) is 22.3. The summed E-state index contributed by atoms with van der Waals surface area (Å²) in [5.74, 6) is -1.03. The molecule has 196 valence electrons. The Kier molecular flexibility index (Phi) is 9.88. The number of carbonyl (C=O) groups excluding carboxylic acids is 2. The first-order valence-corrected chi connectivity index (χ1v) is 11.8. The summed E-state index contributed by atoms with van der Waals surface area (Å²) in [4.78, 5) is 44.2. The number of aromatic nitrogens is 2. The first kappa shape index (κ1) is 29.0. The van der Waals surface area contributed by atoms with Crippen molar-refractivity contribution in [1.82, 2.24) is 20.4 Å². The van der Waals surface area contributed by atoms with Crippen LogP contribution >= 0.6 is 0 Å². The van der Waals surface area contributed by atoms with Crippen molar-refractivity contribution in [1.29, 1.82) is 0 Å². The topological polar surface area (TPSA) is 122 Å². The summed E-state index contributed by atoms with van der Waals surface area (Å²) in [6, 6.07) is 10.5. The molecule has 0 radical (unpaired) electrons. The molecule has 37 heavy (non-hydrogen) atoms. The summed E-state index contributed by atoms with van der Waals surface area (Å²) in [5.41, 5.74) is 5.81. The van der Waals surface area contributed by atoms with Gasteiger partial charge < -0.3 is 9.84 Å². The van der Waals surface area contributed by atoms with Crippen molar-refractivity contribution in [3.63, 3.8) is 0 Å². The van der Waals surface area contributed by atoms with Crippen molar-refractivity contribution < 1.29 is 24.2 Å². The third kappa shape index (κ3) is 7.86. The van der Waals surface area contributed by atoms with Gasteiger partial charge in [-0.25, -0.2) is 14.8 Å². The van der Waals surface area contributed by atoms with Crippen LogP contribution in [0.3, 0.4) is 0 Å². The molecule has 0 aliphatic heterocycles. The summed E-state index contributed by atoms with van der Waals surface area (Å²) in [7, 11) is 1.56. The van der Waals surface area contributed by atoms with E-state index in [-0.39, 0.29) is 11.6 Å². The Morgan fingerprint density at radius 3 is 2.19 bits per heavy atom. The molecule has 2 aromatic carbocycles. The predicted molar refractivity (Wildman–Crippen MR) is 141 cm³/mol. The van der Waals surface area contributed by atoms with Gasteiger partial charge in [-0.2, -0.15) is 0 Å². The highest BCUT2D eigenvalue weighted by Crippen LogP contribution is 2.23. The number of rotatable bonds is 5. The van der Waals surface area contributed by atoms with Crippen LogP contribution in [0.5, 0.6) is 5.75 Å². The van der Waals surface area contributed by atoms with Crippen LogP contribution < -0.4 is 10.2 Å². The van der Waals surface area contributed by atoms with Crippen LogP contribution in [0.15, 0.2) is 55.0 Å². The number of carboxylic acids is 1. The van der Waals surface area contributed by atoms with Gasteiger partial charge in [0.15, 0.2) is 0 Å². The maximum Gasteiger partial charge on any atom is 0.335 e. The SMILES string of the molecule is CCc1c(OC)cccc1C(=O)NN(C(=O)c1cnccn1)C(C)(C)C.Cc1cc(C)cc(C(=O)O)c1. The maximum absolute atomic E-state index is 12.9. The molecule has 0 unspecified atom stereocenters. The highest BCUT2D eigenvalue weighted by atomic mass is 16.5. The number of hydrazine groups is 1. The van der Waals surface area contributed by atoms with Gasteiger partial charge >= 0.3 is 5.97 Å². The van der Waals surface area contributed by atoms with Gasteiger partial charge in [-0.15, -0.1) is 0 Å². The molecule has 0 bridgehead atoms. The van der Waals surface area contributed by atoms with E-state index in [0.717, 1.165) is 16.7 Å². The Morgan fingerprint density at radius 1 is 1.05 bits per heavy atom. The molecule has 2 amide bonds. The van der Waals surface area contributed by atoms with Crippen molar-refractivity contribution in [3.8, 4) is 5.75 Å². The van der Waals surface area contributed by atoms with Crippen LogP contribution in [-0.4, -0.2) is 50.5 Å². The van der Waals surface area contributed by atoms with Crippen LogP contribution in [0, 0.1) is 13.8 Å². The number of aryl methyl sites for hydroxylation is 2. The fraction of sp³-hybridized carbons (Fsp3) is 0.321. The molecule has 9 nitrogen and oxygen atoms in total. The van der Waals surface area contributed by atoms with E-state index in [9.17, 15) is 14.4 Å². The molecule has 9 heteroatoms. The number of amides is 2. The number of hydrogen-bond acceptors (Lipinski definition) is 6. The second kappa shape index (κ2) is 12.6. The van der Waals surface area contributed by atoms with E-state index in [0.29, 0.717) is 23.3 Å². The summed E-state index contributed by atoms with van der Waals surface area (Å²) in [6.07, 6.45) is 4.92. The molecule has 0 aliphatic rings. The lowest BCUT2D eigenvalue weighted by Crippen LogP contribution is -2.56. The monoisotopic (exact) mass is 506 g/mol. The molecule has 1 heterocycles. The zero-order valence-electron chi connectivity index (χ0n) is 22.3. The van der Waals surface area contributed by atoms with Crippen molar-refractivity contribution in [2.24, 2.45) is 0 Å². The molecule has 0 saturated carbocycles. The molecule has 3 rings (SSSR count). The molecule has 0 atom stereocenters. The molecule has 2 N–H and O–H groups in total. The minimum atomic E-state index is -0.864. The quantitative estimate of drug-likeness (QED) is 0.484. The number of nitrogens with zero attached hydrogens (tertiary/aromatic N) is 3. The minimum Gasteiger partial charge on any atom is -0.496 e. The highest BCUT2D eigenvalue weighted by Gasteiger charge is 2.31. The molecular formula is C28H34N4O5. The molecular weight excluding hydrogens is 472 g/mol. The minimum absolute atomic E-state index is 0.157. The summed E-state index contributed by atoms with van der Waals surface area (Å²) < 4.78 is 5.34. The van der Waals surface area contributed by atoms with Crippen LogP contribution in [0.25, 0.3) is 0 Å². The highest BCUT2D eigenvalue weighted by molar-refractivity contribution is 5.99. The third-order valence-corrected chi connectivity index (χ3v) is 5.29. The largest absolute Gasteiger partial charge is 0.496 e. The third-order valence-electron chi connectivity index (χ3n) is 5.29. The van der Waals surface area contributed by atoms with Crippen LogP contribution in [0.1, 0.15) is 75.6 Å². The average Bonchev–Trinajstić information content (AvgIpc) is 2.85. The maximum atomic E-state index is 12.9.